The molecule has 0 saturated heterocycles. The van der Waals surface area contributed by atoms with Gasteiger partial charge in [-0.05, 0) is 30.9 Å². The Bertz CT molecular complexity index is 441. The molecule has 1 aromatic carbocycles. The Morgan fingerprint density at radius 1 is 1.05 bits per heavy atom. The summed E-state index contributed by atoms with van der Waals surface area (Å²) in [5.74, 6) is 0.315. The summed E-state index contributed by atoms with van der Waals surface area (Å²) in [6, 6.07) is 8.36. The quantitative estimate of drug-likeness (QED) is 0.609. The van der Waals surface area contributed by atoms with Crippen LogP contribution in [-0.4, -0.2) is 12.5 Å². The Balaban J connectivity index is 1.72. The van der Waals surface area contributed by atoms with Gasteiger partial charge in [0.1, 0.15) is 0 Å². The first kappa shape index (κ1) is 16.1. The van der Waals surface area contributed by atoms with Gasteiger partial charge in [0.15, 0.2) is 0 Å². The van der Waals surface area contributed by atoms with Gasteiger partial charge in [-0.1, -0.05) is 63.6 Å². The highest BCUT2D eigenvalue weighted by Crippen LogP contribution is 2.27. The van der Waals surface area contributed by atoms with Crippen LogP contribution in [0, 0.1) is 0 Å². The Labute approximate surface area is 129 Å². The molecule has 0 atom stereocenters. The van der Waals surface area contributed by atoms with Gasteiger partial charge in [0.2, 0.25) is 5.91 Å². The molecule has 1 aliphatic heterocycles. The van der Waals surface area contributed by atoms with Crippen LogP contribution in [-0.2, 0) is 11.2 Å². The Hall–Kier alpha value is -1.31. The van der Waals surface area contributed by atoms with Crippen molar-refractivity contribution in [1.29, 1.82) is 0 Å². The van der Waals surface area contributed by atoms with Crippen LogP contribution in [0.1, 0.15) is 70.3 Å². The van der Waals surface area contributed by atoms with Crippen LogP contribution in [0.2, 0.25) is 0 Å². The highest BCUT2D eigenvalue weighted by atomic mass is 16.2. The van der Waals surface area contributed by atoms with Crippen LogP contribution in [0.3, 0.4) is 0 Å². The third-order valence-electron chi connectivity index (χ3n) is 4.41. The van der Waals surface area contributed by atoms with Gasteiger partial charge in [0.25, 0.3) is 0 Å². The molecule has 0 spiro atoms. The summed E-state index contributed by atoms with van der Waals surface area (Å²) in [6.07, 6.45) is 11.8. The number of anilines is 1. The fourth-order valence-corrected chi connectivity index (χ4v) is 3.16. The van der Waals surface area contributed by atoms with Gasteiger partial charge in [0, 0.05) is 18.7 Å². The SMILES string of the molecule is CCCCCCCCCC(=O)N1CCCc2ccccc21. The molecular formula is C19H29NO. The van der Waals surface area contributed by atoms with E-state index in [1.807, 2.05) is 11.0 Å². The van der Waals surface area contributed by atoms with Gasteiger partial charge in [0.05, 0.1) is 0 Å². The van der Waals surface area contributed by atoms with Crippen molar-refractivity contribution < 1.29 is 4.79 Å². The second-order valence-corrected chi connectivity index (χ2v) is 6.15. The molecule has 0 aliphatic carbocycles. The number of carbonyl (C=O) groups is 1. The molecule has 2 nitrogen and oxygen atoms in total. The third-order valence-corrected chi connectivity index (χ3v) is 4.41. The summed E-state index contributed by atoms with van der Waals surface area (Å²) in [5, 5.41) is 0. The molecule has 1 heterocycles. The first-order chi connectivity index (χ1) is 10.3. The molecule has 0 bridgehead atoms. The van der Waals surface area contributed by atoms with E-state index in [9.17, 15) is 4.79 Å². The molecule has 2 heteroatoms. The molecule has 21 heavy (non-hydrogen) atoms. The summed E-state index contributed by atoms with van der Waals surface area (Å²) in [6.45, 7) is 3.14. The molecule has 1 aromatic rings. The number of benzene rings is 1. The number of rotatable bonds is 8. The van der Waals surface area contributed by atoms with Gasteiger partial charge in [-0.2, -0.15) is 0 Å². The average Bonchev–Trinajstić information content (AvgIpc) is 2.53. The number of amides is 1. The fourth-order valence-electron chi connectivity index (χ4n) is 3.16. The molecule has 0 N–H and O–H groups in total. The van der Waals surface area contributed by atoms with Crippen LogP contribution >= 0.6 is 0 Å². The van der Waals surface area contributed by atoms with E-state index in [0.29, 0.717) is 12.3 Å². The number of hydrogen-bond acceptors (Lipinski definition) is 1. The maximum Gasteiger partial charge on any atom is 0.226 e. The van der Waals surface area contributed by atoms with Gasteiger partial charge in [-0.25, -0.2) is 0 Å². The van der Waals surface area contributed by atoms with Gasteiger partial charge < -0.3 is 4.90 Å². The number of carbonyl (C=O) groups excluding carboxylic acids is 1. The van der Waals surface area contributed by atoms with Crippen LogP contribution < -0.4 is 4.90 Å². The maximum absolute atomic E-state index is 12.4. The molecule has 0 saturated carbocycles. The second-order valence-electron chi connectivity index (χ2n) is 6.15. The van der Waals surface area contributed by atoms with E-state index in [4.69, 9.17) is 0 Å². The van der Waals surface area contributed by atoms with Gasteiger partial charge >= 0.3 is 0 Å². The zero-order valence-electron chi connectivity index (χ0n) is 13.4. The van der Waals surface area contributed by atoms with Crippen LogP contribution in [0.4, 0.5) is 5.69 Å². The first-order valence-corrected chi connectivity index (χ1v) is 8.71. The van der Waals surface area contributed by atoms with Crippen molar-refractivity contribution in [2.24, 2.45) is 0 Å². The van der Waals surface area contributed by atoms with Crippen molar-refractivity contribution in [3.63, 3.8) is 0 Å². The summed E-state index contributed by atoms with van der Waals surface area (Å²) in [4.78, 5) is 14.4. The van der Waals surface area contributed by atoms with E-state index in [0.717, 1.165) is 31.5 Å². The van der Waals surface area contributed by atoms with Crippen molar-refractivity contribution in [2.45, 2.75) is 71.1 Å². The molecule has 0 aromatic heterocycles. The van der Waals surface area contributed by atoms with Crippen molar-refractivity contribution in [1.82, 2.24) is 0 Å². The molecule has 116 valence electrons. The lowest BCUT2D eigenvalue weighted by molar-refractivity contribution is -0.118. The number of para-hydroxylation sites is 1. The lowest BCUT2D eigenvalue weighted by atomic mass is 10.0. The minimum Gasteiger partial charge on any atom is -0.312 e. The molecule has 2 rings (SSSR count). The van der Waals surface area contributed by atoms with E-state index in [1.165, 1.54) is 44.1 Å². The van der Waals surface area contributed by atoms with Crippen molar-refractivity contribution in [3.05, 3.63) is 29.8 Å². The number of fused-ring (bicyclic) bond motifs is 1. The first-order valence-electron chi connectivity index (χ1n) is 8.71. The van der Waals surface area contributed by atoms with E-state index in [1.54, 1.807) is 0 Å². The summed E-state index contributed by atoms with van der Waals surface area (Å²) in [7, 11) is 0. The van der Waals surface area contributed by atoms with E-state index in [2.05, 4.69) is 25.1 Å². The summed E-state index contributed by atoms with van der Waals surface area (Å²) >= 11 is 0. The van der Waals surface area contributed by atoms with E-state index in [-0.39, 0.29) is 0 Å². The summed E-state index contributed by atoms with van der Waals surface area (Å²) in [5.41, 5.74) is 2.48. The topological polar surface area (TPSA) is 20.3 Å². The van der Waals surface area contributed by atoms with Crippen molar-refractivity contribution >= 4 is 11.6 Å². The normalized spacial score (nSPS) is 14.0. The monoisotopic (exact) mass is 287 g/mol. The highest BCUT2D eigenvalue weighted by molar-refractivity contribution is 5.94. The second kappa shape index (κ2) is 8.86. The highest BCUT2D eigenvalue weighted by Gasteiger charge is 2.21. The number of hydrogen-bond donors (Lipinski definition) is 0. The van der Waals surface area contributed by atoms with E-state index >= 15 is 0 Å². The Kier molecular flexibility index (Phi) is 6.78. The van der Waals surface area contributed by atoms with Crippen LogP contribution in [0.25, 0.3) is 0 Å². The van der Waals surface area contributed by atoms with E-state index < -0.39 is 0 Å². The molecule has 0 unspecified atom stereocenters. The zero-order valence-corrected chi connectivity index (χ0v) is 13.4. The molecule has 1 amide bonds. The van der Waals surface area contributed by atoms with Crippen molar-refractivity contribution in [2.75, 3.05) is 11.4 Å². The largest absolute Gasteiger partial charge is 0.312 e. The average molecular weight is 287 g/mol. The zero-order chi connectivity index (χ0) is 14.9. The predicted octanol–water partition coefficient (Wildman–Crippen LogP) is 5.11. The fraction of sp³-hybridized carbons (Fsp3) is 0.632. The molecule has 1 aliphatic rings. The van der Waals surface area contributed by atoms with Crippen LogP contribution in [0.15, 0.2) is 24.3 Å². The van der Waals surface area contributed by atoms with Crippen LogP contribution in [0.5, 0.6) is 0 Å². The lowest BCUT2D eigenvalue weighted by Gasteiger charge is -2.29. The standard InChI is InChI=1S/C19H29NO/c1-2-3-4-5-6-7-8-15-19(21)20-16-11-13-17-12-9-10-14-18(17)20/h9-10,12,14H,2-8,11,13,15-16H2,1H3. The van der Waals surface area contributed by atoms with Gasteiger partial charge in [-0.15, -0.1) is 0 Å². The number of aryl methyl sites for hydroxylation is 1. The third kappa shape index (κ3) is 4.87. The minimum absolute atomic E-state index is 0.315. The minimum atomic E-state index is 0.315. The maximum atomic E-state index is 12.4. The number of unbranched alkanes of at least 4 members (excludes halogenated alkanes) is 6. The Morgan fingerprint density at radius 2 is 1.76 bits per heavy atom. The number of nitrogens with zero attached hydrogens (tertiary/aromatic N) is 1. The predicted molar refractivity (Wildman–Crippen MR) is 89.7 cm³/mol. The molecule has 0 radical (unpaired) electrons. The van der Waals surface area contributed by atoms with Crippen molar-refractivity contribution in [3.8, 4) is 0 Å². The smallest absolute Gasteiger partial charge is 0.226 e. The molecule has 0 fully saturated rings. The lowest BCUT2D eigenvalue weighted by Crippen LogP contribution is -2.35. The summed E-state index contributed by atoms with van der Waals surface area (Å²) < 4.78 is 0. The Morgan fingerprint density at radius 3 is 2.57 bits per heavy atom. The van der Waals surface area contributed by atoms with Gasteiger partial charge in [-0.3, -0.25) is 4.79 Å². The molecular weight excluding hydrogens is 258 g/mol.